The Bertz CT molecular complexity index is 1240. The standard InChI is InChI=1S/C25H29N5O6/c26-18(9-10-22(27)32)23(33)29-20(12-15-13-28-19-4-2-1-3-17(15)19)24(34)30-21(25(35)36)11-14-5-7-16(31)8-6-14/h1-8,13,18,20-21,28,31H,9-12,26H2,(H2,27,32)(H,29,33)(H,30,34)(H,35,36). The monoisotopic (exact) mass is 495 g/mol. The number of aromatic amines is 1. The van der Waals surface area contributed by atoms with E-state index in [4.69, 9.17) is 11.5 Å². The summed E-state index contributed by atoms with van der Waals surface area (Å²) in [6, 6.07) is 9.87. The van der Waals surface area contributed by atoms with Crippen LogP contribution in [0, 0.1) is 0 Å². The molecule has 1 heterocycles. The molecule has 36 heavy (non-hydrogen) atoms. The molecule has 9 N–H and O–H groups in total. The van der Waals surface area contributed by atoms with E-state index in [-0.39, 0.29) is 31.4 Å². The van der Waals surface area contributed by atoms with Gasteiger partial charge in [-0.3, -0.25) is 14.4 Å². The summed E-state index contributed by atoms with van der Waals surface area (Å²) in [4.78, 5) is 52.0. The van der Waals surface area contributed by atoms with Crippen molar-refractivity contribution in [2.24, 2.45) is 11.5 Å². The van der Waals surface area contributed by atoms with E-state index in [2.05, 4.69) is 15.6 Å². The van der Waals surface area contributed by atoms with Crippen LogP contribution in [-0.4, -0.2) is 57.0 Å². The third-order valence-electron chi connectivity index (χ3n) is 5.76. The topological polar surface area (TPSA) is 201 Å². The van der Waals surface area contributed by atoms with Crippen LogP contribution in [0.1, 0.15) is 24.0 Å². The second-order valence-electron chi connectivity index (χ2n) is 8.51. The van der Waals surface area contributed by atoms with Gasteiger partial charge in [0, 0.05) is 36.4 Å². The van der Waals surface area contributed by atoms with Gasteiger partial charge in [-0.2, -0.15) is 0 Å². The fraction of sp³-hybridized carbons (Fsp3) is 0.280. The number of amides is 3. The van der Waals surface area contributed by atoms with E-state index < -0.39 is 41.8 Å². The molecule has 1 aromatic heterocycles. The van der Waals surface area contributed by atoms with Crippen molar-refractivity contribution in [3.63, 3.8) is 0 Å². The molecule has 190 valence electrons. The zero-order valence-electron chi connectivity index (χ0n) is 19.4. The van der Waals surface area contributed by atoms with E-state index in [9.17, 15) is 29.4 Å². The van der Waals surface area contributed by atoms with Crippen LogP contribution in [0.2, 0.25) is 0 Å². The zero-order chi connectivity index (χ0) is 26.2. The molecule has 0 radical (unpaired) electrons. The second-order valence-corrected chi connectivity index (χ2v) is 8.51. The first kappa shape index (κ1) is 26.2. The minimum atomic E-state index is -1.28. The number of aliphatic carboxylic acids is 1. The van der Waals surface area contributed by atoms with Crippen molar-refractivity contribution < 1.29 is 29.4 Å². The first-order chi connectivity index (χ1) is 17.1. The molecule has 2 aromatic carbocycles. The SMILES string of the molecule is NC(=O)CCC(N)C(=O)NC(Cc1c[nH]c2ccccc12)C(=O)NC(Cc1ccc(O)cc1)C(=O)O. The van der Waals surface area contributed by atoms with E-state index in [0.29, 0.717) is 5.56 Å². The number of primary amides is 1. The van der Waals surface area contributed by atoms with Gasteiger partial charge in [-0.25, -0.2) is 4.79 Å². The van der Waals surface area contributed by atoms with Crippen molar-refractivity contribution in [2.45, 2.75) is 43.8 Å². The molecule has 0 bridgehead atoms. The lowest BCUT2D eigenvalue weighted by molar-refractivity contribution is -0.142. The lowest BCUT2D eigenvalue weighted by atomic mass is 10.0. The largest absolute Gasteiger partial charge is 0.508 e. The summed E-state index contributed by atoms with van der Waals surface area (Å²) < 4.78 is 0. The van der Waals surface area contributed by atoms with Gasteiger partial charge in [-0.15, -0.1) is 0 Å². The van der Waals surface area contributed by atoms with Crippen LogP contribution < -0.4 is 22.1 Å². The lowest BCUT2D eigenvalue weighted by Crippen LogP contribution is -2.55. The van der Waals surface area contributed by atoms with Gasteiger partial charge in [-0.05, 0) is 35.7 Å². The quantitative estimate of drug-likeness (QED) is 0.187. The second kappa shape index (κ2) is 11.8. The van der Waals surface area contributed by atoms with Crippen molar-refractivity contribution in [1.29, 1.82) is 0 Å². The zero-order valence-corrected chi connectivity index (χ0v) is 19.4. The molecule has 3 amide bonds. The van der Waals surface area contributed by atoms with Gasteiger partial charge in [-0.1, -0.05) is 30.3 Å². The highest BCUT2D eigenvalue weighted by atomic mass is 16.4. The van der Waals surface area contributed by atoms with Crippen molar-refractivity contribution in [2.75, 3.05) is 0 Å². The van der Waals surface area contributed by atoms with Crippen LogP contribution in [0.25, 0.3) is 10.9 Å². The average Bonchev–Trinajstić information content (AvgIpc) is 3.25. The molecule has 0 saturated heterocycles. The van der Waals surface area contributed by atoms with Gasteiger partial charge in [0.15, 0.2) is 0 Å². The van der Waals surface area contributed by atoms with E-state index in [0.717, 1.165) is 16.5 Å². The normalized spacial score (nSPS) is 13.5. The molecule has 3 rings (SSSR count). The Labute approximate surface area is 206 Å². The Hall–Kier alpha value is -4.38. The molecule has 0 fully saturated rings. The number of hydrogen-bond donors (Lipinski definition) is 7. The minimum absolute atomic E-state index is 0.00119. The Kier molecular flexibility index (Phi) is 8.63. The molecule has 3 aromatic rings. The Morgan fingerprint density at radius 1 is 0.917 bits per heavy atom. The number of phenolic OH excluding ortho intramolecular Hbond substituents is 1. The van der Waals surface area contributed by atoms with E-state index in [1.165, 1.54) is 12.1 Å². The van der Waals surface area contributed by atoms with Crippen LogP contribution in [0.4, 0.5) is 0 Å². The van der Waals surface area contributed by atoms with Gasteiger partial charge >= 0.3 is 5.97 Å². The molecule has 3 unspecified atom stereocenters. The van der Waals surface area contributed by atoms with Gasteiger partial charge in [0.2, 0.25) is 17.7 Å². The number of aromatic hydroxyl groups is 1. The number of carboxylic acid groups (broad SMARTS) is 1. The summed E-state index contributed by atoms with van der Waals surface area (Å²) in [7, 11) is 0. The van der Waals surface area contributed by atoms with Crippen molar-refractivity contribution in [3.8, 4) is 5.75 Å². The Morgan fingerprint density at radius 3 is 2.25 bits per heavy atom. The molecule has 3 atom stereocenters. The van der Waals surface area contributed by atoms with Crippen molar-refractivity contribution in [1.82, 2.24) is 15.6 Å². The molecule has 0 saturated carbocycles. The third kappa shape index (κ3) is 7.06. The van der Waals surface area contributed by atoms with Gasteiger partial charge in [0.05, 0.1) is 6.04 Å². The predicted molar refractivity (Wildman–Crippen MR) is 132 cm³/mol. The van der Waals surface area contributed by atoms with Gasteiger partial charge < -0.3 is 37.3 Å². The maximum Gasteiger partial charge on any atom is 0.326 e. The highest BCUT2D eigenvalue weighted by Gasteiger charge is 2.29. The van der Waals surface area contributed by atoms with Crippen molar-refractivity contribution >= 4 is 34.6 Å². The van der Waals surface area contributed by atoms with Crippen molar-refractivity contribution in [3.05, 3.63) is 65.9 Å². The van der Waals surface area contributed by atoms with Crippen LogP contribution >= 0.6 is 0 Å². The molecular weight excluding hydrogens is 466 g/mol. The number of carbonyl (C=O) groups is 4. The molecule has 0 aliphatic carbocycles. The molecule has 0 spiro atoms. The summed E-state index contributed by atoms with van der Waals surface area (Å²) in [6.07, 6.45) is 1.65. The Balaban J connectivity index is 1.80. The number of carbonyl (C=O) groups excluding carboxylic acids is 3. The molecule has 11 heteroatoms. The summed E-state index contributed by atoms with van der Waals surface area (Å²) >= 11 is 0. The molecule has 11 nitrogen and oxygen atoms in total. The first-order valence-corrected chi connectivity index (χ1v) is 11.3. The minimum Gasteiger partial charge on any atom is -0.508 e. The van der Waals surface area contributed by atoms with E-state index in [1.54, 1.807) is 18.3 Å². The average molecular weight is 496 g/mol. The number of H-pyrrole nitrogens is 1. The number of rotatable bonds is 12. The van der Waals surface area contributed by atoms with E-state index in [1.807, 2.05) is 24.3 Å². The number of hydrogen-bond acceptors (Lipinski definition) is 6. The molecular formula is C25H29N5O6. The number of benzene rings is 2. The number of fused-ring (bicyclic) bond motifs is 1. The number of nitrogens with two attached hydrogens (primary N) is 2. The van der Waals surface area contributed by atoms with Crippen LogP contribution in [-0.2, 0) is 32.0 Å². The smallest absolute Gasteiger partial charge is 0.326 e. The predicted octanol–water partition coefficient (Wildman–Crippen LogP) is 0.306. The van der Waals surface area contributed by atoms with Crippen LogP contribution in [0.5, 0.6) is 5.75 Å². The summed E-state index contributed by atoms with van der Waals surface area (Å²) in [6.45, 7) is 0. The van der Waals surface area contributed by atoms with Crippen LogP contribution in [0.15, 0.2) is 54.7 Å². The fourth-order valence-electron chi connectivity index (χ4n) is 3.78. The highest BCUT2D eigenvalue weighted by Crippen LogP contribution is 2.19. The fourth-order valence-corrected chi connectivity index (χ4v) is 3.78. The number of phenols is 1. The number of aromatic nitrogens is 1. The van der Waals surface area contributed by atoms with Gasteiger partial charge in [0.25, 0.3) is 0 Å². The third-order valence-corrected chi connectivity index (χ3v) is 5.76. The maximum absolute atomic E-state index is 13.2. The number of nitrogens with one attached hydrogen (secondary N) is 3. The Morgan fingerprint density at radius 2 is 1.58 bits per heavy atom. The highest BCUT2D eigenvalue weighted by molar-refractivity contribution is 5.93. The lowest BCUT2D eigenvalue weighted by Gasteiger charge is -2.23. The number of para-hydroxylation sites is 1. The molecule has 0 aliphatic rings. The summed E-state index contributed by atoms with van der Waals surface area (Å²) in [5.74, 6) is -3.20. The summed E-state index contributed by atoms with van der Waals surface area (Å²) in [5.41, 5.74) is 13.2. The van der Waals surface area contributed by atoms with E-state index >= 15 is 0 Å². The first-order valence-electron chi connectivity index (χ1n) is 11.3. The van der Waals surface area contributed by atoms with Gasteiger partial charge in [0.1, 0.15) is 17.8 Å². The number of carboxylic acids is 1. The van der Waals surface area contributed by atoms with Crippen LogP contribution in [0.3, 0.4) is 0 Å². The summed E-state index contributed by atoms with van der Waals surface area (Å²) in [5, 5.41) is 25.1. The molecule has 0 aliphatic heterocycles. The maximum atomic E-state index is 13.2.